The molecule has 0 aliphatic carbocycles. The Hall–Kier alpha value is -1.55. The summed E-state index contributed by atoms with van der Waals surface area (Å²) in [7, 11) is 0. The molecule has 1 aromatic carbocycles. The van der Waals surface area contributed by atoms with Crippen molar-refractivity contribution < 1.29 is 0 Å². The molecule has 0 saturated heterocycles. The number of nitrogens with two attached hydrogens (primary N) is 1. The van der Waals surface area contributed by atoms with Gasteiger partial charge in [0.05, 0.1) is 16.4 Å². The second-order valence-electron chi connectivity index (χ2n) is 2.57. The highest BCUT2D eigenvalue weighted by Crippen LogP contribution is 2.21. The van der Waals surface area contributed by atoms with Crippen LogP contribution in [0.4, 0.5) is 5.69 Å². The second-order valence-corrected chi connectivity index (χ2v) is 2.98. The minimum Gasteiger partial charge on any atom is -0.397 e. The van der Waals surface area contributed by atoms with Crippen LogP contribution in [-0.4, -0.2) is 14.8 Å². The van der Waals surface area contributed by atoms with Gasteiger partial charge in [-0.05, 0) is 18.2 Å². The van der Waals surface area contributed by atoms with E-state index in [9.17, 15) is 0 Å². The van der Waals surface area contributed by atoms with Crippen LogP contribution in [-0.2, 0) is 0 Å². The summed E-state index contributed by atoms with van der Waals surface area (Å²) in [6, 6.07) is 5.36. The van der Waals surface area contributed by atoms with Crippen LogP contribution >= 0.6 is 11.6 Å². The zero-order chi connectivity index (χ0) is 9.26. The number of aromatic nitrogens is 3. The molecule has 2 aromatic rings. The molecular formula is C8H7ClN4. The van der Waals surface area contributed by atoms with Gasteiger partial charge >= 0.3 is 0 Å². The first-order chi connectivity index (χ1) is 6.27. The summed E-state index contributed by atoms with van der Waals surface area (Å²) in [6.07, 6.45) is 3.20. The molecule has 0 aliphatic heterocycles. The van der Waals surface area contributed by atoms with Gasteiger partial charge in [-0.3, -0.25) is 4.57 Å². The van der Waals surface area contributed by atoms with Crippen molar-refractivity contribution in [3.8, 4) is 5.69 Å². The van der Waals surface area contributed by atoms with Gasteiger partial charge < -0.3 is 5.73 Å². The largest absolute Gasteiger partial charge is 0.397 e. The number of hydrogen-bond acceptors (Lipinski definition) is 3. The van der Waals surface area contributed by atoms with Crippen LogP contribution in [0.5, 0.6) is 0 Å². The quantitative estimate of drug-likeness (QED) is 0.700. The molecule has 0 aliphatic rings. The summed E-state index contributed by atoms with van der Waals surface area (Å²) in [6.45, 7) is 0. The van der Waals surface area contributed by atoms with Gasteiger partial charge in [-0.2, -0.15) is 0 Å². The average Bonchev–Trinajstić information content (AvgIpc) is 2.62. The van der Waals surface area contributed by atoms with E-state index in [2.05, 4.69) is 10.2 Å². The van der Waals surface area contributed by atoms with Crippen LogP contribution in [0.2, 0.25) is 5.02 Å². The Bertz CT molecular complexity index is 410. The molecule has 0 spiro atoms. The van der Waals surface area contributed by atoms with E-state index in [1.165, 1.54) is 0 Å². The lowest BCUT2D eigenvalue weighted by molar-refractivity contribution is 1.06. The maximum absolute atomic E-state index is 5.78. The van der Waals surface area contributed by atoms with Gasteiger partial charge in [0.1, 0.15) is 12.7 Å². The molecule has 1 aromatic heterocycles. The van der Waals surface area contributed by atoms with E-state index in [0.717, 1.165) is 5.69 Å². The van der Waals surface area contributed by atoms with Crippen molar-refractivity contribution >= 4 is 17.3 Å². The standard InChI is InChI=1S/C8H7ClN4/c9-7-2-1-6(3-8(7)10)13-4-11-12-5-13/h1-5H,10H2. The summed E-state index contributed by atoms with van der Waals surface area (Å²) in [4.78, 5) is 0. The lowest BCUT2D eigenvalue weighted by Gasteiger charge is -2.02. The molecule has 0 unspecified atom stereocenters. The molecule has 1 heterocycles. The van der Waals surface area contributed by atoms with Crippen LogP contribution < -0.4 is 5.73 Å². The number of nitrogen functional groups attached to an aromatic ring is 1. The summed E-state index contributed by atoms with van der Waals surface area (Å²) in [5.74, 6) is 0. The molecule has 2 N–H and O–H groups in total. The molecule has 0 amide bonds. The first kappa shape index (κ1) is 8.07. The van der Waals surface area contributed by atoms with Gasteiger partial charge in [0.15, 0.2) is 0 Å². The van der Waals surface area contributed by atoms with E-state index in [-0.39, 0.29) is 0 Å². The molecule has 66 valence electrons. The molecule has 4 nitrogen and oxygen atoms in total. The fourth-order valence-corrected chi connectivity index (χ4v) is 1.14. The number of rotatable bonds is 1. The number of nitrogens with zero attached hydrogens (tertiary/aromatic N) is 3. The first-order valence-electron chi connectivity index (χ1n) is 3.67. The molecular weight excluding hydrogens is 188 g/mol. The Morgan fingerprint density at radius 3 is 2.54 bits per heavy atom. The van der Waals surface area contributed by atoms with E-state index in [1.54, 1.807) is 29.4 Å². The van der Waals surface area contributed by atoms with Crippen molar-refractivity contribution in [1.29, 1.82) is 0 Å². The fraction of sp³-hybridized carbons (Fsp3) is 0. The molecule has 0 atom stereocenters. The molecule has 0 bridgehead atoms. The summed E-state index contributed by atoms with van der Waals surface area (Å²) in [5, 5.41) is 7.93. The highest BCUT2D eigenvalue weighted by molar-refractivity contribution is 6.33. The Balaban J connectivity index is 2.49. The highest BCUT2D eigenvalue weighted by Gasteiger charge is 1.99. The Morgan fingerprint density at radius 2 is 1.92 bits per heavy atom. The lowest BCUT2D eigenvalue weighted by Crippen LogP contribution is -1.93. The topological polar surface area (TPSA) is 56.7 Å². The van der Waals surface area contributed by atoms with Gasteiger partial charge in [0.25, 0.3) is 0 Å². The van der Waals surface area contributed by atoms with Crippen LogP contribution in [0, 0.1) is 0 Å². The number of anilines is 1. The molecule has 2 rings (SSSR count). The third-order valence-corrected chi connectivity index (χ3v) is 2.04. The van der Waals surface area contributed by atoms with Crippen molar-refractivity contribution in [2.24, 2.45) is 0 Å². The van der Waals surface area contributed by atoms with Crippen molar-refractivity contribution in [3.63, 3.8) is 0 Å². The maximum atomic E-state index is 5.78. The summed E-state index contributed by atoms with van der Waals surface area (Å²) < 4.78 is 1.76. The highest BCUT2D eigenvalue weighted by atomic mass is 35.5. The van der Waals surface area contributed by atoms with Crippen molar-refractivity contribution in [3.05, 3.63) is 35.9 Å². The van der Waals surface area contributed by atoms with E-state index in [4.69, 9.17) is 17.3 Å². The third-order valence-electron chi connectivity index (χ3n) is 1.70. The predicted molar refractivity (Wildman–Crippen MR) is 50.8 cm³/mol. The van der Waals surface area contributed by atoms with Crippen LogP contribution in [0.15, 0.2) is 30.9 Å². The minimum absolute atomic E-state index is 0.549. The van der Waals surface area contributed by atoms with Crippen molar-refractivity contribution in [1.82, 2.24) is 14.8 Å². The Labute approximate surface area is 80.0 Å². The third kappa shape index (κ3) is 1.48. The second kappa shape index (κ2) is 3.06. The van der Waals surface area contributed by atoms with E-state index >= 15 is 0 Å². The molecule has 0 fully saturated rings. The number of halogens is 1. The SMILES string of the molecule is Nc1cc(-n2cnnc2)ccc1Cl. The minimum atomic E-state index is 0.549. The van der Waals surface area contributed by atoms with Crippen LogP contribution in [0.25, 0.3) is 5.69 Å². The van der Waals surface area contributed by atoms with Gasteiger partial charge in [-0.1, -0.05) is 11.6 Å². The normalized spacial score (nSPS) is 10.2. The van der Waals surface area contributed by atoms with Crippen LogP contribution in [0.3, 0.4) is 0 Å². The number of benzene rings is 1. The number of hydrogen-bond donors (Lipinski definition) is 1. The van der Waals surface area contributed by atoms with Gasteiger partial charge in [0.2, 0.25) is 0 Å². The average molecular weight is 195 g/mol. The monoisotopic (exact) mass is 194 g/mol. The van der Waals surface area contributed by atoms with Crippen LogP contribution in [0.1, 0.15) is 0 Å². The first-order valence-corrected chi connectivity index (χ1v) is 4.05. The summed E-state index contributed by atoms with van der Waals surface area (Å²) in [5.41, 5.74) is 7.08. The van der Waals surface area contributed by atoms with E-state index in [1.807, 2.05) is 6.07 Å². The zero-order valence-electron chi connectivity index (χ0n) is 6.68. The van der Waals surface area contributed by atoms with Gasteiger partial charge in [-0.15, -0.1) is 10.2 Å². The lowest BCUT2D eigenvalue weighted by atomic mass is 10.3. The molecule has 13 heavy (non-hydrogen) atoms. The smallest absolute Gasteiger partial charge is 0.123 e. The molecule has 0 radical (unpaired) electrons. The zero-order valence-corrected chi connectivity index (χ0v) is 7.44. The Kier molecular flexibility index (Phi) is 1.90. The van der Waals surface area contributed by atoms with Crippen molar-refractivity contribution in [2.75, 3.05) is 5.73 Å². The molecule has 5 heteroatoms. The summed E-state index contributed by atoms with van der Waals surface area (Å²) >= 11 is 5.78. The maximum Gasteiger partial charge on any atom is 0.123 e. The predicted octanol–water partition coefficient (Wildman–Crippen LogP) is 1.50. The Morgan fingerprint density at radius 1 is 1.23 bits per heavy atom. The van der Waals surface area contributed by atoms with E-state index in [0.29, 0.717) is 10.7 Å². The van der Waals surface area contributed by atoms with Gasteiger partial charge in [0, 0.05) is 0 Å². The van der Waals surface area contributed by atoms with E-state index < -0.39 is 0 Å². The fourth-order valence-electron chi connectivity index (χ4n) is 1.03. The van der Waals surface area contributed by atoms with Gasteiger partial charge in [-0.25, -0.2) is 0 Å². The molecule has 0 saturated carbocycles. The van der Waals surface area contributed by atoms with Crippen molar-refractivity contribution in [2.45, 2.75) is 0 Å².